The van der Waals surface area contributed by atoms with Crippen molar-refractivity contribution >= 4 is 22.8 Å². The summed E-state index contributed by atoms with van der Waals surface area (Å²) in [5.74, 6) is -3.09. The van der Waals surface area contributed by atoms with Crippen LogP contribution in [0.5, 0.6) is 0 Å². The van der Waals surface area contributed by atoms with E-state index in [4.69, 9.17) is 11.6 Å². The van der Waals surface area contributed by atoms with Crippen LogP contribution in [0.4, 0.5) is 13.2 Å². The standard InChI is InChI=1S/C13H5ClF3N3/c14-6-2-1-3-7(15)8(6)9-10(16)11-13(20-12(9)17)19-5-4-18-11/h1-5H. The fourth-order valence-corrected chi connectivity index (χ4v) is 2.13. The van der Waals surface area contributed by atoms with Crippen LogP contribution in [-0.4, -0.2) is 15.0 Å². The first-order chi connectivity index (χ1) is 9.59. The quantitative estimate of drug-likeness (QED) is 0.642. The molecule has 20 heavy (non-hydrogen) atoms. The number of hydrogen-bond donors (Lipinski definition) is 0. The van der Waals surface area contributed by atoms with Crippen molar-refractivity contribution in [3.8, 4) is 11.1 Å². The number of aromatic nitrogens is 3. The fraction of sp³-hybridized carbons (Fsp3) is 0. The minimum absolute atomic E-state index is 0.118. The number of fused-ring (bicyclic) bond motifs is 1. The summed E-state index contributed by atoms with van der Waals surface area (Å²) in [6, 6.07) is 3.73. The number of hydrogen-bond acceptors (Lipinski definition) is 3. The van der Waals surface area contributed by atoms with Crippen molar-refractivity contribution in [2.45, 2.75) is 0 Å². The van der Waals surface area contributed by atoms with E-state index in [1.807, 2.05) is 0 Å². The number of pyridine rings is 1. The van der Waals surface area contributed by atoms with Crippen LogP contribution in [0, 0.1) is 17.6 Å². The van der Waals surface area contributed by atoms with Crippen LogP contribution in [0.15, 0.2) is 30.6 Å². The molecule has 2 aromatic heterocycles. The van der Waals surface area contributed by atoms with Crippen LogP contribution in [0.1, 0.15) is 0 Å². The van der Waals surface area contributed by atoms with Gasteiger partial charge in [0.2, 0.25) is 5.95 Å². The summed E-state index contributed by atoms with van der Waals surface area (Å²) >= 11 is 5.82. The van der Waals surface area contributed by atoms with E-state index in [1.165, 1.54) is 24.5 Å². The first-order valence-corrected chi connectivity index (χ1v) is 5.87. The van der Waals surface area contributed by atoms with Gasteiger partial charge in [-0.3, -0.25) is 0 Å². The molecule has 0 spiro atoms. The first-order valence-electron chi connectivity index (χ1n) is 5.49. The van der Waals surface area contributed by atoms with Gasteiger partial charge >= 0.3 is 0 Å². The molecular weight excluding hydrogens is 291 g/mol. The Balaban J connectivity index is 2.43. The summed E-state index contributed by atoms with van der Waals surface area (Å²) in [5.41, 5.74) is -1.48. The molecule has 3 aromatic rings. The van der Waals surface area contributed by atoms with Crippen LogP contribution in [-0.2, 0) is 0 Å². The zero-order valence-electron chi connectivity index (χ0n) is 9.74. The monoisotopic (exact) mass is 295 g/mol. The third-order valence-corrected chi connectivity index (χ3v) is 3.04. The first kappa shape index (κ1) is 12.8. The minimum Gasteiger partial charge on any atom is -0.248 e. The van der Waals surface area contributed by atoms with Gasteiger partial charge in [0.25, 0.3) is 0 Å². The summed E-state index contributed by atoms with van der Waals surface area (Å²) in [4.78, 5) is 10.9. The smallest absolute Gasteiger partial charge is 0.226 e. The van der Waals surface area contributed by atoms with Crippen molar-refractivity contribution in [1.29, 1.82) is 0 Å². The third-order valence-electron chi connectivity index (χ3n) is 2.73. The second-order valence-electron chi connectivity index (χ2n) is 3.92. The van der Waals surface area contributed by atoms with Crippen molar-refractivity contribution in [1.82, 2.24) is 15.0 Å². The van der Waals surface area contributed by atoms with E-state index >= 15 is 0 Å². The molecule has 7 heteroatoms. The second kappa shape index (κ2) is 4.72. The van der Waals surface area contributed by atoms with Crippen LogP contribution < -0.4 is 0 Å². The maximum Gasteiger partial charge on any atom is 0.226 e. The number of nitrogens with zero attached hydrogens (tertiary/aromatic N) is 3. The SMILES string of the molecule is Fc1cccc(Cl)c1-c1c(F)nc2nccnc2c1F. The Kier molecular flexibility index (Phi) is 3.02. The molecule has 1 aromatic carbocycles. The lowest BCUT2D eigenvalue weighted by Gasteiger charge is -2.09. The van der Waals surface area contributed by atoms with Crippen LogP contribution in [0.3, 0.4) is 0 Å². The molecule has 0 saturated heterocycles. The highest BCUT2D eigenvalue weighted by Gasteiger charge is 2.23. The van der Waals surface area contributed by atoms with E-state index in [2.05, 4.69) is 15.0 Å². The zero-order chi connectivity index (χ0) is 14.3. The molecule has 0 unspecified atom stereocenters. The molecular formula is C13H5ClF3N3. The normalized spacial score (nSPS) is 11.0. The minimum atomic E-state index is -1.19. The van der Waals surface area contributed by atoms with Gasteiger partial charge in [-0.15, -0.1) is 0 Å². The third kappa shape index (κ3) is 1.89. The number of rotatable bonds is 1. The van der Waals surface area contributed by atoms with Gasteiger partial charge in [-0.25, -0.2) is 18.7 Å². The summed E-state index contributed by atoms with van der Waals surface area (Å²) < 4.78 is 42.2. The predicted molar refractivity (Wildman–Crippen MR) is 67.7 cm³/mol. The Morgan fingerprint density at radius 1 is 0.950 bits per heavy atom. The van der Waals surface area contributed by atoms with Gasteiger partial charge in [0.05, 0.1) is 10.6 Å². The average molecular weight is 296 g/mol. The van der Waals surface area contributed by atoms with Gasteiger partial charge in [-0.2, -0.15) is 9.37 Å². The number of benzene rings is 1. The molecule has 0 aliphatic carbocycles. The Hall–Kier alpha value is -2.21. The topological polar surface area (TPSA) is 38.7 Å². The van der Waals surface area contributed by atoms with Gasteiger partial charge in [-0.1, -0.05) is 17.7 Å². The molecule has 0 N–H and O–H groups in total. The van der Waals surface area contributed by atoms with E-state index in [1.54, 1.807) is 0 Å². The van der Waals surface area contributed by atoms with Gasteiger partial charge in [0.15, 0.2) is 11.5 Å². The van der Waals surface area contributed by atoms with E-state index in [0.29, 0.717) is 0 Å². The Labute approximate surface area is 116 Å². The average Bonchev–Trinajstić information content (AvgIpc) is 2.42. The van der Waals surface area contributed by atoms with Crippen molar-refractivity contribution in [2.24, 2.45) is 0 Å². The summed E-state index contributed by atoms with van der Waals surface area (Å²) in [6.45, 7) is 0. The van der Waals surface area contributed by atoms with Crippen LogP contribution >= 0.6 is 11.6 Å². The molecule has 0 atom stereocenters. The molecule has 0 amide bonds. The second-order valence-corrected chi connectivity index (χ2v) is 4.32. The van der Waals surface area contributed by atoms with E-state index in [9.17, 15) is 13.2 Å². The molecule has 0 aliphatic heterocycles. The molecule has 0 bridgehead atoms. The van der Waals surface area contributed by atoms with E-state index in [-0.39, 0.29) is 21.7 Å². The van der Waals surface area contributed by atoms with Crippen molar-refractivity contribution < 1.29 is 13.2 Å². The molecule has 2 heterocycles. The fourth-order valence-electron chi connectivity index (χ4n) is 1.87. The maximum atomic E-state index is 14.4. The van der Waals surface area contributed by atoms with Gasteiger partial charge in [0, 0.05) is 18.0 Å². The molecule has 100 valence electrons. The lowest BCUT2D eigenvalue weighted by atomic mass is 10.1. The molecule has 3 nitrogen and oxygen atoms in total. The zero-order valence-corrected chi connectivity index (χ0v) is 10.5. The lowest BCUT2D eigenvalue weighted by Crippen LogP contribution is -2.01. The van der Waals surface area contributed by atoms with Crippen LogP contribution in [0.2, 0.25) is 5.02 Å². The van der Waals surface area contributed by atoms with Crippen LogP contribution in [0.25, 0.3) is 22.3 Å². The molecule has 0 saturated carbocycles. The van der Waals surface area contributed by atoms with Gasteiger partial charge in [-0.05, 0) is 12.1 Å². The Bertz CT molecular complexity index is 803. The Morgan fingerprint density at radius 3 is 2.45 bits per heavy atom. The summed E-state index contributed by atoms with van der Waals surface area (Å²) in [6.07, 6.45) is 2.49. The van der Waals surface area contributed by atoms with Gasteiger partial charge in [0.1, 0.15) is 11.3 Å². The van der Waals surface area contributed by atoms with E-state index < -0.39 is 23.1 Å². The van der Waals surface area contributed by atoms with Crippen molar-refractivity contribution in [2.75, 3.05) is 0 Å². The largest absolute Gasteiger partial charge is 0.248 e. The lowest BCUT2D eigenvalue weighted by molar-refractivity contribution is 0.561. The summed E-state index contributed by atoms with van der Waals surface area (Å²) in [7, 11) is 0. The molecule has 0 radical (unpaired) electrons. The molecule has 0 fully saturated rings. The highest BCUT2D eigenvalue weighted by molar-refractivity contribution is 6.33. The highest BCUT2D eigenvalue weighted by Crippen LogP contribution is 2.35. The van der Waals surface area contributed by atoms with Gasteiger partial charge < -0.3 is 0 Å². The number of halogens is 4. The molecule has 0 aliphatic rings. The predicted octanol–water partition coefficient (Wildman–Crippen LogP) is 3.76. The summed E-state index contributed by atoms with van der Waals surface area (Å²) in [5, 5.41) is -0.118. The Morgan fingerprint density at radius 2 is 1.70 bits per heavy atom. The highest BCUT2D eigenvalue weighted by atomic mass is 35.5. The molecule has 3 rings (SSSR count). The maximum absolute atomic E-state index is 14.4. The van der Waals surface area contributed by atoms with Crippen molar-refractivity contribution in [3.63, 3.8) is 0 Å². The van der Waals surface area contributed by atoms with Crippen molar-refractivity contribution in [3.05, 3.63) is 53.2 Å². The van der Waals surface area contributed by atoms with E-state index in [0.717, 1.165) is 6.07 Å².